The zero-order chi connectivity index (χ0) is 10.4. The molecule has 0 saturated heterocycles. The third-order valence-corrected chi connectivity index (χ3v) is 2.19. The summed E-state index contributed by atoms with van der Waals surface area (Å²) in [5, 5.41) is 6.94. The van der Waals surface area contributed by atoms with Gasteiger partial charge in [0.1, 0.15) is 5.75 Å². The SMILES string of the molecule is CNCCNc1c(Cl)cccc1OC. The fourth-order valence-corrected chi connectivity index (χ4v) is 1.39. The van der Waals surface area contributed by atoms with Gasteiger partial charge >= 0.3 is 0 Å². The maximum atomic E-state index is 6.02. The zero-order valence-corrected chi connectivity index (χ0v) is 9.19. The standard InChI is InChI=1S/C10H15ClN2O/c1-12-6-7-13-10-8(11)4-3-5-9(10)14-2/h3-5,12-13H,6-7H2,1-2H3. The molecule has 1 rings (SSSR count). The maximum Gasteiger partial charge on any atom is 0.143 e. The van der Waals surface area contributed by atoms with E-state index in [1.165, 1.54) is 0 Å². The summed E-state index contributed by atoms with van der Waals surface area (Å²) in [5.41, 5.74) is 0.854. The Balaban J connectivity index is 2.72. The van der Waals surface area contributed by atoms with Crippen LogP contribution < -0.4 is 15.4 Å². The van der Waals surface area contributed by atoms with Crippen molar-refractivity contribution in [3.63, 3.8) is 0 Å². The number of nitrogens with one attached hydrogen (secondary N) is 2. The van der Waals surface area contributed by atoms with Crippen LogP contribution in [-0.2, 0) is 0 Å². The lowest BCUT2D eigenvalue weighted by Crippen LogP contribution is -2.18. The number of hydrogen-bond donors (Lipinski definition) is 2. The van der Waals surface area contributed by atoms with Gasteiger partial charge in [-0.25, -0.2) is 0 Å². The van der Waals surface area contributed by atoms with Crippen LogP contribution >= 0.6 is 11.6 Å². The molecule has 1 aromatic carbocycles. The van der Waals surface area contributed by atoms with E-state index in [4.69, 9.17) is 16.3 Å². The van der Waals surface area contributed by atoms with Gasteiger partial charge in [0.25, 0.3) is 0 Å². The molecular formula is C10H15ClN2O. The fraction of sp³-hybridized carbons (Fsp3) is 0.400. The van der Waals surface area contributed by atoms with Crippen molar-refractivity contribution in [1.82, 2.24) is 5.32 Å². The molecule has 0 unspecified atom stereocenters. The molecule has 14 heavy (non-hydrogen) atoms. The predicted molar refractivity (Wildman–Crippen MR) is 60.4 cm³/mol. The van der Waals surface area contributed by atoms with Crippen molar-refractivity contribution in [2.45, 2.75) is 0 Å². The van der Waals surface area contributed by atoms with Crippen LogP contribution in [0.1, 0.15) is 0 Å². The Hall–Kier alpha value is -0.930. The highest BCUT2D eigenvalue weighted by molar-refractivity contribution is 6.33. The van der Waals surface area contributed by atoms with Gasteiger partial charge in [0, 0.05) is 13.1 Å². The highest BCUT2D eigenvalue weighted by atomic mass is 35.5. The number of para-hydroxylation sites is 1. The first-order chi connectivity index (χ1) is 6.79. The number of likely N-dealkylation sites (N-methyl/N-ethyl adjacent to an activating group) is 1. The second kappa shape index (κ2) is 5.73. The van der Waals surface area contributed by atoms with Crippen LogP contribution in [0.5, 0.6) is 5.75 Å². The first kappa shape index (κ1) is 11.1. The summed E-state index contributed by atoms with van der Waals surface area (Å²) < 4.78 is 5.19. The number of hydrogen-bond acceptors (Lipinski definition) is 3. The largest absolute Gasteiger partial charge is 0.495 e. The molecule has 1 aromatic rings. The number of methoxy groups -OCH3 is 1. The van der Waals surface area contributed by atoms with E-state index in [-0.39, 0.29) is 0 Å². The Morgan fingerprint density at radius 1 is 1.36 bits per heavy atom. The van der Waals surface area contributed by atoms with Crippen LogP contribution in [0, 0.1) is 0 Å². The highest BCUT2D eigenvalue weighted by Gasteiger charge is 2.05. The van der Waals surface area contributed by atoms with E-state index in [9.17, 15) is 0 Å². The summed E-state index contributed by atoms with van der Waals surface area (Å²) in [6, 6.07) is 5.59. The zero-order valence-electron chi connectivity index (χ0n) is 8.43. The third kappa shape index (κ3) is 2.79. The van der Waals surface area contributed by atoms with Crippen molar-refractivity contribution in [2.24, 2.45) is 0 Å². The van der Waals surface area contributed by atoms with Crippen molar-refractivity contribution in [2.75, 3.05) is 32.6 Å². The van der Waals surface area contributed by atoms with E-state index in [1.54, 1.807) is 7.11 Å². The lowest BCUT2D eigenvalue weighted by atomic mass is 10.3. The third-order valence-electron chi connectivity index (χ3n) is 1.87. The second-order valence-electron chi connectivity index (χ2n) is 2.85. The summed E-state index contributed by atoms with van der Waals surface area (Å²) in [7, 11) is 3.54. The van der Waals surface area contributed by atoms with Gasteiger partial charge in [-0.2, -0.15) is 0 Å². The van der Waals surface area contributed by atoms with Gasteiger partial charge in [0.2, 0.25) is 0 Å². The summed E-state index contributed by atoms with van der Waals surface area (Å²) in [4.78, 5) is 0. The van der Waals surface area contributed by atoms with Gasteiger partial charge in [0.05, 0.1) is 17.8 Å². The van der Waals surface area contributed by atoms with Crippen LogP contribution in [-0.4, -0.2) is 27.2 Å². The van der Waals surface area contributed by atoms with E-state index in [0.29, 0.717) is 5.02 Å². The molecule has 0 spiro atoms. The summed E-state index contributed by atoms with van der Waals surface area (Å²) in [6.45, 7) is 1.70. The molecule has 0 saturated carbocycles. The monoisotopic (exact) mass is 214 g/mol. The maximum absolute atomic E-state index is 6.02. The Kier molecular flexibility index (Phi) is 4.56. The van der Waals surface area contributed by atoms with Crippen molar-refractivity contribution >= 4 is 17.3 Å². The Morgan fingerprint density at radius 2 is 2.14 bits per heavy atom. The van der Waals surface area contributed by atoms with Crippen molar-refractivity contribution < 1.29 is 4.74 Å². The molecule has 0 aromatic heterocycles. The molecule has 4 heteroatoms. The molecule has 0 radical (unpaired) electrons. The quantitative estimate of drug-likeness (QED) is 0.736. The molecule has 0 aliphatic carbocycles. The molecule has 0 atom stereocenters. The number of ether oxygens (including phenoxy) is 1. The minimum absolute atomic E-state index is 0.681. The van der Waals surface area contributed by atoms with Crippen molar-refractivity contribution in [3.8, 4) is 5.75 Å². The summed E-state index contributed by atoms with van der Waals surface area (Å²) in [6.07, 6.45) is 0. The van der Waals surface area contributed by atoms with Gasteiger partial charge < -0.3 is 15.4 Å². The average molecular weight is 215 g/mol. The molecule has 0 aliphatic rings. The number of halogens is 1. The van der Waals surface area contributed by atoms with Gasteiger partial charge in [-0.15, -0.1) is 0 Å². The summed E-state index contributed by atoms with van der Waals surface area (Å²) >= 11 is 6.02. The van der Waals surface area contributed by atoms with E-state index in [1.807, 2.05) is 25.2 Å². The first-order valence-electron chi connectivity index (χ1n) is 4.50. The lowest BCUT2D eigenvalue weighted by Gasteiger charge is -2.12. The number of benzene rings is 1. The van der Waals surface area contributed by atoms with E-state index >= 15 is 0 Å². The first-order valence-corrected chi connectivity index (χ1v) is 4.88. The van der Waals surface area contributed by atoms with Gasteiger partial charge in [-0.1, -0.05) is 17.7 Å². The molecule has 0 amide bonds. The van der Waals surface area contributed by atoms with Crippen LogP contribution in [0.25, 0.3) is 0 Å². The fourth-order valence-electron chi connectivity index (χ4n) is 1.16. The Morgan fingerprint density at radius 3 is 2.79 bits per heavy atom. The second-order valence-corrected chi connectivity index (χ2v) is 3.25. The lowest BCUT2D eigenvalue weighted by molar-refractivity contribution is 0.416. The topological polar surface area (TPSA) is 33.3 Å². The minimum Gasteiger partial charge on any atom is -0.495 e. The van der Waals surface area contributed by atoms with Crippen molar-refractivity contribution in [1.29, 1.82) is 0 Å². The highest BCUT2D eigenvalue weighted by Crippen LogP contribution is 2.31. The molecule has 0 aliphatic heterocycles. The minimum atomic E-state index is 0.681. The molecular weight excluding hydrogens is 200 g/mol. The Bertz CT molecular complexity index is 291. The predicted octanol–water partition coefficient (Wildman–Crippen LogP) is 1.98. The molecule has 3 nitrogen and oxygen atoms in total. The van der Waals surface area contributed by atoms with Crippen LogP contribution in [0.2, 0.25) is 5.02 Å². The molecule has 2 N–H and O–H groups in total. The Labute approximate surface area is 89.4 Å². The van der Waals surface area contributed by atoms with Gasteiger partial charge in [0.15, 0.2) is 0 Å². The van der Waals surface area contributed by atoms with E-state index in [0.717, 1.165) is 24.5 Å². The van der Waals surface area contributed by atoms with Crippen molar-refractivity contribution in [3.05, 3.63) is 23.2 Å². The number of anilines is 1. The van der Waals surface area contributed by atoms with Gasteiger partial charge in [-0.3, -0.25) is 0 Å². The smallest absolute Gasteiger partial charge is 0.143 e. The average Bonchev–Trinajstić information content (AvgIpc) is 2.20. The van der Waals surface area contributed by atoms with Crippen LogP contribution in [0.15, 0.2) is 18.2 Å². The summed E-state index contributed by atoms with van der Waals surface area (Å²) in [5.74, 6) is 0.772. The van der Waals surface area contributed by atoms with E-state index in [2.05, 4.69) is 10.6 Å². The molecule has 0 fully saturated rings. The van der Waals surface area contributed by atoms with Crippen LogP contribution in [0.4, 0.5) is 5.69 Å². The van der Waals surface area contributed by atoms with E-state index < -0.39 is 0 Å². The van der Waals surface area contributed by atoms with Gasteiger partial charge in [-0.05, 0) is 19.2 Å². The number of rotatable bonds is 5. The normalized spacial score (nSPS) is 9.93. The molecule has 0 heterocycles. The molecule has 78 valence electrons. The molecule has 0 bridgehead atoms. The van der Waals surface area contributed by atoms with Crippen LogP contribution in [0.3, 0.4) is 0 Å².